The number of aromatic nitrogens is 2. The third-order valence-corrected chi connectivity index (χ3v) is 4.89. The molecule has 138 valence electrons. The minimum absolute atomic E-state index is 0.161. The lowest BCUT2D eigenvalue weighted by Crippen LogP contribution is -2.23. The molecule has 0 saturated carbocycles. The molecule has 0 fully saturated rings. The van der Waals surface area contributed by atoms with Gasteiger partial charge in [-0.2, -0.15) is 0 Å². The van der Waals surface area contributed by atoms with Crippen LogP contribution in [0.5, 0.6) is 0 Å². The summed E-state index contributed by atoms with van der Waals surface area (Å²) in [6, 6.07) is 12.2. The number of nitrogens with zero attached hydrogens (tertiary/aromatic N) is 2. The fraction of sp³-hybridized carbons (Fsp3) is 0.105. The van der Waals surface area contributed by atoms with Crippen LogP contribution in [0.25, 0.3) is 11.4 Å². The van der Waals surface area contributed by atoms with Gasteiger partial charge in [0.05, 0.1) is 10.5 Å². The van der Waals surface area contributed by atoms with Gasteiger partial charge in [-0.25, -0.2) is 22.8 Å². The maximum absolute atomic E-state index is 13.3. The molecule has 27 heavy (non-hydrogen) atoms. The van der Waals surface area contributed by atoms with Crippen molar-refractivity contribution in [2.24, 2.45) is 0 Å². The summed E-state index contributed by atoms with van der Waals surface area (Å²) < 4.78 is 36.4. The molecule has 0 saturated heterocycles. The molecule has 2 aromatic carbocycles. The highest BCUT2D eigenvalue weighted by molar-refractivity contribution is 7.90. The number of carbonyl (C=O) groups is 1. The number of carbonyl (C=O) groups excluding carboxylic acids is 1. The average molecular weight is 385 g/mol. The largest absolute Gasteiger partial charge is 0.348 e. The Balaban J connectivity index is 1.68. The molecular formula is C19H16FN3O3S. The molecule has 0 unspecified atom stereocenters. The molecule has 0 aliphatic rings. The summed E-state index contributed by atoms with van der Waals surface area (Å²) in [5, 5.41) is 2.69. The maximum Gasteiger partial charge on any atom is 0.254 e. The lowest BCUT2D eigenvalue weighted by atomic mass is 10.2. The minimum Gasteiger partial charge on any atom is -0.348 e. The van der Waals surface area contributed by atoms with Gasteiger partial charge in [0.25, 0.3) is 5.91 Å². The van der Waals surface area contributed by atoms with Crippen LogP contribution in [0, 0.1) is 5.82 Å². The number of rotatable bonds is 5. The topological polar surface area (TPSA) is 89.0 Å². The molecule has 6 nitrogen and oxygen atoms in total. The van der Waals surface area contributed by atoms with E-state index >= 15 is 0 Å². The molecule has 1 amide bonds. The van der Waals surface area contributed by atoms with Crippen molar-refractivity contribution in [1.29, 1.82) is 0 Å². The first-order valence-electron chi connectivity index (χ1n) is 7.98. The van der Waals surface area contributed by atoms with Crippen molar-refractivity contribution in [3.05, 3.63) is 77.9 Å². The van der Waals surface area contributed by atoms with E-state index in [1.165, 1.54) is 36.7 Å². The molecule has 3 aromatic rings. The van der Waals surface area contributed by atoms with Crippen molar-refractivity contribution in [2.75, 3.05) is 6.26 Å². The fourth-order valence-electron chi connectivity index (χ4n) is 2.39. The van der Waals surface area contributed by atoms with Crippen LogP contribution in [0.2, 0.25) is 0 Å². The number of sulfone groups is 1. The van der Waals surface area contributed by atoms with Crippen LogP contribution in [0.3, 0.4) is 0 Å². The molecule has 0 radical (unpaired) electrons. The third-order valence-electron chi connectivity index (χ3n) is 3.78. The number of halogens is 1. The average Bonchev–Trinajstić information content (AvgIpc) is 2.66. The van der Waals surface area contributed by atoms with E-state index in [9.17, 15) is 17.6 Å². The molecule has 0 spiro atoms. The fourth-order valence-corrected chi connectivity index (χ4v) is 3.08. The van der Waals surface area contributed by atoms with Crippen molar-refractivity contribution in [3.63, 3.8) is 0 Å². The smallest absolute Gasteiger partial charge is 0.254 e. The quantitative estimate of drug-likeness (QED) is 0.729. The molecule has 0 aliphatic carbocycles. The van der Waals surface area contributed by atoms with E-state index in [2.05, 4.69) is 15.3 Å². The highest BCUT2D eigenvalue weighted by Gasteiger charge is 2.10. The Bertz CT molecular complexity index is 1080. The summed E-state index contributed by atoms with van der Waals surface area (Å²) >= 11 is 0. The Morgan fingerprint density at radius 2 is 1.78 bits per heavy atom. The van der Waals surface area contributed by atoms with Gasteiger partial charge in [0.15, 0.2) is 15.7 Å². The lowest BCUT2D eigenvalue weighted by Gasteiger charge is -2.07. The Kier molecular flexibility index (Phi) is 5.27. The normalized spacial score (nSPS) is 11.2. The Labute approximate surface area is 156 Å². The number of amides is 1. The second kappa shape index (κ2) is 7.63. The van der Waals surface area contributed by atoms with Crippen LogP contribution in [0.1, 0.15) is 15.9 Å². The van der Waals surface area contributed by atoms with Gasteiger partial charge in [0.1, 0.15) is 5.82 Å². The predicted molar refractivity (Wildman–Crippen MR) is 98.1 cm³/mol. The van der Waals surface area contributed by atoms with E-state index in [1.807, 2.05) is 0 Å². The van der Waals surface area contributed by atoms with Crippen LogP contribution >= 0.6 is 0 Å². The molecule has 3 rings (SSSR count). The van der Waals surface area contributed by atoms with E-state index in [0.717, 1.165) is 6.26 Å². The summed E-state index contributed by atoms with van der Waals surface area (Å²) in [6.07, 6.45) is 3.84. The zero-order chi connectivity index (χ0) is 19.4. The van der Waals surface area contributed by atoms with Gasteiger partial charge in [-0.1, -0.05) is 24.3 Å². The van der Waals surface area contributed by atoms with Gasteiger partial charge in [0.2, 0.25) is 0 Å². The molecule has 0 bridgehead atoms. The molecule has 1 N–H and O–H groups in total. The molecule has 0 atom stereocenters. The van der Waals surface area contributed by atoms with Crippen LogP contribution < -0.4 is 5.32 Å². The van der Waals surface area contributed by atoms with Gasteiger partial charge < -0.3 is 5.32 Å². The third kappa shape index (κ3) is 4.73. The molecule has 1 heterocycles. The number of benzene rings is 2. The Morgan fingerprint density at radius 1 is 1.07 bits per heavy atom. The summed E-state index contributed by atoms with van der Waals surface area (Å²) in [4.78, 5) is 20.6. The van der Waals surface area contributed by atoms with Crippen LogP contribution in [0.4, 0.5) is 4.39 Å². The van der Waals surface area contributed by atoms with E-state index in [1.54, 1.807) is 24.3 Å². The van der Waals surface area contributed by atoms with Gasteiger partial charge in [-0.3, -0.25) is 4.79 Å². The molecule has 0 aliphatic heterocycles. The van der Waals surface area contributed by atoms with Gasteiger partial charge in [0, 0.05) is 30.8 Å². The minimum atomic E-state index is -3.31. The van der Waals surface area contributed by atoms with Crippen molar-refractivity contribution in [1.82, 2.24) is 15.3 Å². The van der Waals surface area contributed by atoms with Gasteiger partial charge in [-0.05, 0) is 29.8 Å². The van der Waals surface area contributed by atoms with E-state index in [-0.39, 0.29) is 17.0 Å². The molecule has 1 aromatic heterocycles. The van der Waals surface area contributed by atoms with Gasteiger partial charge in [-0.15, -0.1) is 0 Å². The second-order valence-electron chi connectivity index (χ2n) is 5.91. The standard InChI is InChI=1S/C19H16FN3O3S/c1-27(25,26)17-7-2-4-13(8-17)10-23-19(24)15-11-21-18(22-12-15)14-5-3-6-16(20)9-14/h2-9,11-12H,10H2,1H3,(H,23,24). The van der Waals surface area contributed by atoms with E-state index < -0.39 is 21.6 Å². The first-order chi connectivity index (χ1) is 12.8. The van der Waals surface area contributed by atoms with Gasteiger partial charge >= 0.3 is 0 Å². The summed E-state index contributed by atoms with van der Waals surface area (Å²) in [5.74, 6) is -0.480. The Hall–Kier alpha value is -3.13. The van der Waals surface area contributed by atoms with E-state index in [0.29, 0.717) is 17.0 Å². The first-order valence-corrected chi connectivity index (χ1v) is 9.87. The maximum atomic E-state index is 13.3. The SMILES string of the molecule is CS(=O)(=O)c1cccc(CNC(=O)c2cnc(-c3cccc(F)c3)nc2)c1. The van der Waals surface area contributed by atoms with Crippen molar-refractivity contribution in [3.8, 4) is 11.4 Å². The summed E-state index contributed by atoms with van der Waals surface area (Å²) in [5.41, 5.74) is 1.41. The zero-order valence-corrected chi connectivity index (χ0v) is 15.2. The summed E-state index contributed by atoms with van der Waals surface area (Å²) in [7, 11) is -3.31. The highest BCUT2D eigenvalue weighted by Crippen LogP contribution is 2.15. The lowest BCUT2D eigenvalue weighted by molar-refractivity contribution is 0.0950. The first kappa shape index (κ1) is 18.7. The zero-order valence-electron chi connectivity index (χ0n) is 14.4. The molecule has 8 heteroatoms. The second-order valence-corrected chi connectivity index (χ2v) is 7.92. The summed E-state index contributed by atoms with van der Waals surface area (Å²) in [6.45, 7) is 0.161. The number of hydrogen-bond donors (Lipinski definition) is 1. The monoisotopic (exact) mass is 385 g/mol. The molecular weight excluding hydrogens is 369 g/mol. The predicted octanol–water partition coefficient (Wildman–Crippen LogP) is 2.62. The van der Waals surface area contributed by atoms with E-state index in [4.69, 9.17) is 0 Å². The van der Waals surface area contributed by atoms with Crippen LogP contribution in [-0.2, 0) is 16.4 Å². The van der Waals surface area contributed by atoms with Crippen LogP contribution in [-0.4, -0.2) is 30.5 Å². The number of hydrogen-bond acceptors (Lipinski definition) is 5. The van der Waals surface area contributed by atoms with Crippen molar-refractivity contribution in [2.45, 2.75) is 11.4 Å². The van der Waals surface area contributed by atoms with Crippen molar-refractivity contribution >= 4 is 15.7 Å². The Morgan fingerprint density at radius 3 is 2.44 bits per heavy atom. The highest BCUT2D eigenvalue weighted by atomic mass is 32.2. The number of nitrogens with one attached hydrogen (secondary N) is 1. The van der Waals surface area contributed by atoms with Crippen molar-refractivity contribution < 1.29 is 17.6 Å². The van der Waals surface area contributed by atoms with Crippen LogP contribution in [0.15, 0.2) is 65.8 Å².